The molecule has 178 valence electrons. The maximum absolute atomic E-state index is 14.6. The molecule has 1 saturated carbocycles. The van der Waals surface area contributed by atoms with Gasteiger partial charge in [-0.05, 0) is 36.6 Å². The first-order valence-corrected chi connectivity index (χ1v) is 11.8. The summed E-state index contributed by atoms with van der Waals surface area (Å²) in [5.74, 6) is -0.619. The van der Waals surface area contributed by atoms with E-state index >= 15 is 0 Å². The van der Waals surface area contributed by atoms with Crippen molar-refractivity contribution in [3.8, 4) is 0 Å². The number of hydrogen-bond donors (Lipinski definition) is 1. The molecule has 1 saturated heterocycles. The summed E-state index contributed by atoms with van der Waals surface area (Å²) in [5, 5.41) is 7.93. The second kappa shape index (κ2) is 10.2. The summed E-state index contributed by atoms with van der Waals surface area (Å²) in [6, 6.07) is 11.6. The number of piperazine rings is 1. The number of nitrogens with one attached hydrogen (secondary N) is 1. The Labute approximate surface area is 197 Å². The van der Waals surface area contributed by atoms with Gasteiger partial charge in [0, 0.05) is 43.9 Å². The summed E-state index contributed by atoms with van der Waals surface area (Å²) in [6.45, 7) is 5.76. The quantitative estimate of drug-likeness (QED) is 0.642. The average molecular weight is 465 g/mol. The van der Waals surface area contributed by atoms with E-state index in [1.165, 1.54) is 6.07 Å². The van der Waals surface area contributed by atoms with E-state index in [0.29, 0.717) is 43.7 Å². The monoisotopic (exact) mass is 464 g/mol. The Hall–Kier alpha value is -3.55. The molecule has 5 rings (SSSR count). The van der Waals surface area contributed by atoms with Crippen molar-refractivity contribution in [1.29, 1.82) is 0 Å². The molecule has 2 amide bonds. The molecule has 2 heterocycles. The number of nitrogens with zero attached hydrogens (tertiary/aromatic N) is 3. The number of amides is 2. The van der Waals surface area contributed by atoms with E-state index < -0.39 is 5.82 Å². The van der Waals surface area contributed by atoms with Gasteiger partial charge in [-0.15, -0.1) is 0 Å². The van der Waals surface area contributed by atoms with E-state index in [2.05, 4.69) is 10.2 Å². The Morgan fingerprint density at radius 2 is 1.65 bits per heavy atom. The standard InChI is InChI=1S/C24H23FN4O3.C2H6/c25-20-8-5-15(14-21-17-3-1-2-4-18(17)22(30)27-26-21)13-19(20)24(32)29-11-9-28(10-12-29)23(31)16-6-7-16;1-2/h1-5,8,13,16H,6-7,9-12,14H2,(H,27,30);1-2H3. The molecule has 2 fully saturated rings. The predicted molar refractivity (Wildman–Crippen MR) is 128 cm³/mol. The van der Waals surface area contributed by atoms with Gasteiger partial charge in [-0.3, -0.25) is 14.4 Å². The molecule has 34 heavy (non-hydrogen) atoms. The van der Waals surface area contributed by atoms with Crippen molar-refractivity contribution in [2.75, 3.05) is 26.2 Å². The van der Waals surface area contributed by atoms with Crippen LogP contribution in [0.5, 0.6) is 0 Å². The number of hydrogen-bond acceptors (Lipinski definition) is 4. The molecule has 1 N–H and O–H groups in total. The van der Waals surface area contributed by atoms with Gasteiger partial charge in [0.15, 0.2) is 0 Å². The van der Waals surface area contributed by atoms with Crippen LogP contribution < -0.4 is 5.56 Å². The van der Waals surface area contributed by atoms with Crippen LogP contribution in [0.1, 0.15) is 48.3 Å². The van der Waals surface area contributed by atoms with E-state index in [4.69, 9.17) is 0 Å². The fraction of sp³-hybridized carbons (Fsp3) is 0.385. The van der Waals surface area contributed by atoms with Crippen LogP contribution in [0.3, 0.4) is 0 Å². The number of rotatable bonds is 4. The first kappa shape index (κ1) is 23.6. The zero-order chi connectivity index (χ0) is 24.2. The number of carbonyl (C=O) groups excluding carboxylic acids is 2. The van der Waals surface area contributed by atoms with Crippen LogP contribution >= 0.6 is 0 Å². The van der Waals surface area contributed by atoms with Crippen molar-refractivity contribution in [1.82, 2.24) is 20.0 Å². The minimum Gasteiger partial charge on any atom is -0.339 e. The molecule has 1 aliphatic carbocycles. The lowest BCUT2D eigenvalue weighted by Gasteiger charge is -2.35. The summed E-state index contributed by atoms with van der Waals surface area (Å²) in [7, 11) is 0. The van der Waals surface area contributed by atoms with Crippen molar-refractivity contribution < 1.29 is 14.0 Å². The molecule has 0 unspecified atom stereocenters. The molecule has 7 nitrogen and oxygen atoms in total. The Kier molecular flexibility index (Phi) is 7.05. The molecule has 0 radical (unpaired) electrons. The summed E-state index contributed by atoms with van der Waals surface area (Å²) in [6.07, 6.45) is 2.26. The number of aromatic amines is 1. The Bertz CT molecular complexity index is 1260. The van der Waals surface area contributed by atoms with Crippen LogP contribution in [0.2, 0.25) is 0 Å². The molecular weight excluding hydrogens is 435 g/mol. The predicted octanol–water partition coefficient (Wildman–Crippen LogP) is 3.37. The Balaban J connectivity index is 0.00000133. The lowest BCUT2D eigenvalue weighted by Crippen LogP contribution is -2.51. The Morgan fingerprint density at radius 3 is 2.32 bits per heavy atom. The molecule has 2 aromatic carbocycles. The summed E-state index contributed by atoms with van der Waals surface area (Å²) >= 11 is 0. The van der Waals surface area contributed by atoms with Gasteiger partial charge in [0.1, 0.15) is 5.82 Å². The van der Waals surface area contributed by atoms with Crippen molar-refractivity contribution in [2.45, 2.75) is 33.1 Å². The number of aromatic nitrogens is 2. The molecule has 2 aliphatic rings. The van der Waals surface area contributed by atoms with Gasteiger partial charge < -0.3 is 9.80 Å². The topological polar surface area (TPSA) is 86.4 Å². The van der Waals surface area contributed by atoms with E-state index in [1.54, 1.807) is 34.1 Å². The second-order valence-corrected chi connectivity index (χ2v) is 8.43. The summed E-state index contributed by atoms with van der Waals surface area (Å²) in [4.78, 5) is 40.7. The molecule has 1 aromatic heterocycles. The zero-order valence-electron chi connectivity index (χ0n) is 19.5. The summed E-state index contributed by atoms with van der Waals surface area (Å²) in [5.41, 5.74) is 1.12. The smallest absolute Gasteiger partial charge is 0.272 e. The minimum absolute atomic E-state index is 0.0122. The number of H-pyrrole nitrogens is 1. The number of benzene rings is 2. The number of carbonyl (C=O) groups is 2. The van der Waals surface area contributed by atoms with Crippen molar-refractivity contribution in [3.63, 3.8) is 0 Å². The zero-order valence-corrected chi connectivity index (χ0v) is 19.5. The van der Waals surface area contributed by atoms with Crippen molar-refractivity contribution >= 4 is 22.6 Å². The third kappa shape index (κ3) is 4.85. The summed E-state index contributed by atoms with van der Waals surface area (Å²) < 4.78 is 14.6. The van der Waals surface area contributed by atoms with E-state index in [-0.39, 0.29) is 28.9 Å². The maximum atomic E-state index is 14.6. The highest BCUT2D eigenvalue weighted by atomic mass is 19.1. The van der Waals surface area contributed by atoms with Crippen LogP contribution in [0, 0.1) is 11.7 Å². The average Bonchev–Trinajstić information content (AvgIpc) is 3.73. The van der Waals surface area contributed by atoms with Crippen LogP contribution in [0.25, 0.3) is 10.8 Å². The van der Waals surface area contributed by atoms with Gasteiger partial charge in [-0.1, -0.05) is 38.1 Å². The van der Waals surface area contributed by atoms with Gasteiger partial charge in [0.2, 0.25) is 5.91 Å². The molecule has 0 bridgehead atoms. The van der Waals surface area contributed by atoms with Gasteiger partial charge in [0.25, 0.3) is 11.5 Å². The van der Waals surface area contributed by atoms with E-state index in [1.807, 2.05) is 26.0 Å². The normalized spacial score (nSPS) is 15.6. The van der Waals surface area contributed by atoms with E-state index in [9.17, 15) is 18.8 Å². The van der Waals surface area contributed by atoms with Crippen LogP contribution in [0.4, 0.5) is 4.39 Å². The third-order valence-corrected chi connectivity index (χ3v) is 6.21. The van der Waals surface area contributed by atoms with Crippen molar-refractivity contribution in [2.24, 2.45) is 5.92 Å². The van der Waals surface area contributed by atoms with Crippen LogP contribution in [-0.4, -0.2) is 58.0 Å². The van der Waals surface area contributed by atoms with Gasteiger partial charge >= 0.3 is 0 Å². The van der Waals surface area contributed by atoms with Gasteiger partial charge in [-0.2, -0.15) is 5.10 Å². The maximum Gasteiger partial charge on any atom is 0.272 e. The van der Waals surface area contributed by atoms with E-state index in [0.717, 1.165) is 23.8 Å². The van der Waals surface area contributed by atoms with Crippen LogP contribution in [-0.2, 0) is 11.2 Å². The first-order valence-electron chi connectivity index (χ1n) is 11.8. The fourth-order valence-corrected chi connectivity index (χ4v) is 4.23. The largest absolute Gasteiger partial charge is 0.339 e. The lowest BCUT2D eigenvalue weighted by molar-refractivity contribution is -0.134. The molecule has 8 heteroatoms. The molecule has 3 aromatic rings. The molecule has 0 atom stereocenters. The van der Waals surface area contributed by atoms with Crippen LogP contribution in [0.15, 0.2) is 47.3 Å². The van der Waals surface area contributed by atoms with Gasteiger partial charge in [-0.25, -0.2) is 9.49 Å². The SMILES string of the molecule is CC.O=C(c1cc(Cc2n[nH]c(=O)c3ccccc23)ccc1F)N1CCN(C(=O)C2CC2)CC1. The lowest BCUT2D eigenvalue weighted by atomic mass is 10.0. The highest BCUT2D eigenvalue weighted by Gasteiger charge is 2.35. The van der Waals surface area contributed by atoms with Gasteiger partial charge in [0.05, 0.1) is 16.6 Å². The molecule has 1 aliphatic heterocycles. The number of fused-ring (bicyclic) bond motifs is 1. The Morgan fingerprint density at radius 1 is 1.00 bits per heavy atom. The second-order valence-electron chi connectivity index (χ2n) is 8.43. The number of halogens is 1. The van der Waals surface area contributed by atoms with Crippen molar-refractivity contribution in [3.05, 3.63) is 75.5 Å². The fourth-order valence-electron chi connectivity index (χ4n) is 4.23. The third-order valence-electron chi connectivity index (χ3n) is 6.21. The molecular formula is C26H29FN4O3. The highest BCUT2D eigenvalue weighted by molar-refractivity contribution is 5.95. The molecule has 0 spiro atoms. The highest BCUT2D eigenvalue weighted by Crippen LogP contribution is 2.31. The minimum atomic E-state index is -0.575. The first-order chi connectivity index (χ1) is 16.5.